The molecular weight excluding hydrogens is 1730 g/mol. The number of benzene rings is 5. The molecule has 24 nitrogen and oxygen atoms in total. The SMILES string of the molecule is CC1CCCCC1Cc1ccc(C2CCC(CC(=N)N)CC2)cc1.CCCCCCCCCCCCc1cccc(-c2nnc(C3(C(=N)N)CC3)o2)c1.CCCCCCCCc1ccc(C(=O)NCCOC(=N)N)cc1.N=C(N)C1(c2nnc(-c3ccc(CCCCCCCOCC4CCCCC4)cc3)o2)CC1.N=C(N)C1(c2nnc(-c3cccc(CCCCCCOCC4CCCCC4)c3)o2)CC1. The molecule has 3 heterocycles. The molecule has 0 aliphatic heterocycles. The first-order valence-electron chi connectivity index (χ1n) is 54.5. The lowest BCUT2D eigenvalue weighted by Gasteiger charge is -2.30. The van der Waals surface area contributed by atoms with Crippen LogP contribution in [0.15, 0.2) is 135 Å². The topological polar surface area (TPSA) is 423 Å². The number of carbonyl (C=O) groups excluding carboxylic acids is 1. The van der Waals surface area contributed by atoms with Crippen molar-refractivity contribution in [2.75, 3.05) is 39.6 Å². The van der Waals surface area contributed by atoms with Crippen molar-refractivity contribution in [1.82, 2.24) is 35.9 Å². The molecule has 0 saturated heterocycles. The molecule has 760 valence electrons. The Bertz CT molecular complexity index is 4870. The highest BCUT2D eigenvalue weighted by Crippen LogP contribution is 2.50. The van der Waals surface area contributed by atoms with E-state index in [1.165, 1.54) is 309 Å². The monoisotopic (exact) mass is 1900 g/mol. The van der Waals surface area contributed by atoms with E-state index in [1.807, 2.05) is 54.6 Å². The number of rotatable bonds is 55. The molecule has 0 bridgehead atoms. The molecule has 2 atom stereocenters. The van der Waals surface area contributed by atoms with Crippen LogP contribution in [0.1, 0.15) is 409 Å². The van der Waals surface area contributed by atoms with Gasteiger partial charge in [-0.15, -0.1) is 30.6 Å². The quantitative estimate of drug-likeness (QED) is 0.00958. The van der Waals surface area contributed by atoms with Gasteiger partial charge in [0.25, 0.3) is 11.9 Å². The zero-order chi connectivity index (χ0) is 98.1. The van der Waals surface area contributed by atoms with Gasteiger partial charge < -0.3 is 61.4 Å². The second-order valence-electron chi connectivity index (χ2n) is 41.7. The van der Waals surface area contributed by atoms with Gasteiger partial charge in [-0.3, -0.25) is 31.8 Å². The van der Waals surface area contributed by atoms with Gasteiger partial charge in [0, 0.05) is 55.1 Å². The van der Waals surface area contributed by atoms with E-state index in [0.29, 0.717) is 59.2 Å². The summed E-state index contributed by atoms with van der Waals surface area (Å²) in [5.41, 5.74) is 38.0. The van der Waals surface area contributed by atoms with Crippen molar-refractivity contribution in [2.24, 2.45) is 58.3 Å². The summed E-state index contributed by atoms with van der Waals surface area (Å²) in [6.07, 6.45) is 68.2. The Morgan fingerprint density at radius 1 is 0.388 bits per heavy atom. The van der Waals surface area contributed by atoms with Crippen LogP contribution in [0.25, 0.3) is 34.4 Å². The molecule has 7 fully saturated rings. The Hall–Kier alpha value is -9.94. The van der Waals surface area contributed by atoms with Crippen LogP contribution >= 0.6 is 0 Å². The molecule has 0 spiro atoms. The molecule has 16 N–H and O–H groups in total. The minimum absolute atomic E-state index is 0.120. The Balaban J connectivity index is 0.000000167. The van der Waals surface area contributed by atoms with E-state index in [9.17, 15) is 4.79 Å². The van der Waals surface area contributed by atoms with E-state index in [4.69, 9.17) is 83.2 Å². The first-order valence-corrected chi connectivity index (χ1v) is 54.5. The van der Waals surface area contributed by atoms with Crippen LogP contribution in [0.5, 0.6) is 0 Å². The van der Waals surface area contributed by atoms with E-state index in [1.54, 1.807) is 0 Å². The summed E-state index contributed by atoms with van der Waals surface area (Å²) in [7, 11) is 0. The zero-order valence-electron chi connectivity index (χ0n) is 85.1. The first-order chi connectivity index (χ1) is 67.7. The first kappa shape index (κ1) is 109. The lowest BCUT2D eigenvalue weighted by atomic mass is 9.76. The van der Waals surface area contributed by atoms with E-state index in [0.717, 1.165) is 150 Å². The fraction of sp³-hybridized carbons (Fsp3) is 0.635. The number of nitrogens with two attached hydrogens (primary N) is 5. The second-order valence-corrected chi connectivity index (χ2v) is 41.7. The predicted octanol–water partition coefficient (Wildman–Crippen LogP) is 26.3. The lowest BCUT2D eigenvalue weighted by molar-refractivity contribution is 0.0824. The average Bonchev–Trinajstić information content (AvgIpc) is 1.61. The summed E-state index contributed by atoms with van der Waals surface area (Å²) >= 11 is 0. The number of carbonyl (C=O) groups is 1. The minimum atomic E-state index is -0.511. The molecule has 139 heavy (non-hydrogen) atoms. The Morgan fingerprint density at radius 2 is 0.770 bits per heavy atom. The highest BCUT2D eigenvalue weighted by atomic mass is 16.5. The lowest BCUT2D eigenvalue weighted by Crippen LogP contribution is -2.29. The minimum Gasteiger partial charge on any atom is -0.464 e. The summed E-state index contributed by atoms with van der Waals surface area (Å²) < 4.78 is 34.2. The van der Waals surface area contributed by atoms with Gasteiger partial charge in [0.05, 0.1) is 12.4 Å². The van der Waals surface area contributed by atoms with Gasteiger partial charge >= 0.3 is 0 Å². The number of aromatic nitrogens is 6. The van der Waals surface area contributed by atoms with Crippen molar-refractivity contribution in [3.8, 4) is 34.4 Å². The number of unbranched alkanes of at least 4 members (excludes halogenated alkanes) is 21. The Kier molecular flexibility index (Phi) is 47.0. The molecule has 15 rings (SSSR count). The molecule has 1 amide bonds. The van der Waals surface area contributed by atoms with Gasteiger partial charge in [0.1, 0.15) is 40.4 Å². The van der Waals surface area contributed by atoms with Crippen molar-refractivity contribution in [1.29, 1.82) is 27.0 Å². The maximum absolute atomic E-state index is 11.9. The van der Waals surface area contributed by atoms with Gasteiger partial charge in [-0.1, -0.05) is 273 Å². The molecule has 7 aliphatic carbocycles. The maximum atomic E-state index is 11.9. The molecule has 2 unspecified atom stereocenters. The normalized spacial score (nSPS) is 18.3. The van der Waals surface area contributed by atoms with Crippen LogP contribution in [0.2, 0.25) is 0 Å². The number of hydrogen-bond donors (Lipinski definition) is 11. The molecule has 8 aromatic rings. The number of hydrogen-bond acceptors (Lipinski definition) is 18. The largest absolute Gasteiger partial charge is 0.464 e. The zero-order valence-corrected chi connectivity index (χ0v) is 85.1. The van der Waals surface area contributed by atoms with E-state index in [2.05, 4.69) is 123 Å². The number of amides is 1. The highest BCUT2D eigenvalue weighted by Gasteiger charge is 2.54. The summed E-state index contributed by atoms with van der Waals surface area (Å²) in [6.45, 7) is 11.3. The van der Waals surface area contributed by atoms with Crippen molar-refractivity contribution >= 4 is 35.3 Å². The van der Waals surface area contributed by atoms with Gasteiger partial charge in [0.2, 0.25) is 35.3 Å². The molecule has 0 radical (unpaired) electrons. The summed E-state index contributed by atoms with van der Waals surface area (Å²) in [4.78, 5) is 11.9. The van der Waals surface area contributed by atoms with Crippen LogP contribution in [-0.2, 0) is 62.6 Å². The van der Waals surface area contributed by atoms with E-state index >= 15 is 0 Å². The predicted molar refractivity (Wildman–Crippen MR) is 563 cm³/mol. The molecule has 3 aromatic heterocycles. The van der Waals surface area contributed by atoms with Crippen LogP contribution in [-0.4, -0.2) is 105 Å². The molecule has 7 saturated carbocycles. The fourth-order valence-electron chi connectivity index (χ4n) is 20.6. The third kappa shape index (κ3) is 37.5. The molecule has 5 aromatic carbocycles. The second kappa shape index (κ2) is 59.7. The van der Waals surface area contributed by atoms with Crippen LogP contribution in [0.3, 0.4) is 0 Å². The fourth-order valence-corrected chi connectivity index (χ4v) is 20.6. The van der Waals surface area contributed by atoms with E-state index < -0.39 is 16.2 Å². The summed E-state index contributed by atoms with van der Waals surface area (Å²) in [6, 6.07) is 42.1. The smallest absolute Gasteiger partial charge is 0.279 e. The van der Waals surface area contributed by atoms with Crippen LogP contribution < -0.4 is 34.0 Å². The summed E-state index contributed by atoms with van der Waals surface area (Å²) in [5.74, 6) is 8.37. The third-order valence-corrected chi connectivity index (χ3v) is 30.4. The van der Waals surface area contributed by atoms with Gasteiger partial charge in [0.15, 0.2) is 0 Å². The van der Waals surface area contributed by atoms with Gasteiger partial charge in [-0.05, 0) is 284 Å². The molecule has 7 aliphatic rings. The Morgan fingerprint density at radius 3 is 1.17 bits per heavy atom. The summed E-state index contributed by atoms with van der Waals surface area (Å²) in [5, 5.41) is 65.5. The number of nitrogens with one attached hydrogen (secondary N) is 6. The number of amidine groups is 5. The highest BCUT2D eigenvalue weighted by molar-refractivity contribution is 5.94. The molecule has 24 heteroatoms. The van der Waals surface area contributed by atoms with Crippen molar-refractivity contribution in [3.05, 3.63) is 178 Å². The number of aryl methyl sites for hydroxylation is 4. The maximum Gasteiger partial charge on any atom is 0.279 e. The van der Waals surface area contributed by atoms with Crippen molar-refractivity contribution in [3.63, 3.8) is 0 Å². The van der Waals surface area contributed by atoms with Crippen LogP contribution in [0, 0.1) is 56.6 Å². The van der Waals surface area contributed by atoms with E-state index in [-0.39, 0.29) is 36.0 Å². The standard InChI is InChI=1S/C26H38N4O2.C25H36N4O2.C24H36N4O.C22H34N2.C18H29N3O2/c27-24(28)26(16-17-26)25-30-29-23(32-25)22-14-12-20(13-15-22)9-5-2-1-3-8-18-31-19-21-10-6-4-7-11-21;26-23(27)25(14-15-25)24-29-28-22(31-24)21-13-8-12-19(17-21)9-4-1-2-7-16-30-18-20-10-5-3-6-11-20;1-2-3-4-5-6-7-8-9-10-11-13-19-14-12-15-20(18-19)21-27-28-23(29-21)24(16-17-24)22(25)26;1-16-4-2-3-5-21(16)14-17-6-10-19(11-7-17)20-12-8-18(9-13-20)15-22(23)24;1-2-3-4-5-6-7-8-15-9-11-16(12-10-15)17(22)21-13-14-23-18(19)20/h12-15,21H,1-11,16-19H2,(H3,27,28);8,12-13,17,20H,1-7,9-11,14-16,18H2,(H3,26,27);12,14-15,18H,2-11,13,16-17H2,1H3,(H3,25,26);6-7,10-11,16,18,20-21H,2-5,8-9,12-15H2,1H3,(H3,23,24);9-12H,2-8,13-14H2,1H3,(H3,19,20)(H,21,22). The molecular formula is C115H173N17O7. The number of ether oxygens (including phenoxy) is 3. The third-order valence-electron chi connectivity index (χ3n) is 30.4. The number of nitrogens with zero attached hydrogens (tertiary/aromatic N) is 6. The Labute approximate surface area is 831 Å². The van der Waals surface area contributed by atoms with Gasteiger partial charge in [-0.25, -0.2) is 0 Å². The van der Waals surface area contributed by atoms with Crippen LogP contribution in [0.4, 0.5) is 0 Å². The van der Waals surface area contributed by atoms with Crippen molar-refractivity contribution < 1.29 is 32.3 Å². The van der Waals surface area contributed by atoms with Gasteiger partial charge in [-0.2, -0.15) is 0 Å². The van der Waals surface area contributed by atoms with Crippen molar-refractivity contribution in [2.45, 2.75) is 396 Å². The average molecular weight is 1910 g/mol.